The van der Waals surface area contributed by atoms with Crippen LogP contribution in [0, 0.1) is 5.92 Å². The van der Waals surface area contributed by atoms with Crippen LogP contribution in [-0.2, 0) is 28.0 Å². The van der Waals surface area contributed by atoms with Crippen LogP contribution in [0.3, 0.4) is 0 Å². The number of nitrogens with one attached hydrogen (secondary N) is 2. The van der Waals surface area contributed by atoms with Crippen LogP contribution in [-0.4, -0.2) is 66.4 Å². The quantitative estimate of drug-likeness (QED) is 0.0195. The van der Waals surface area contributed by atoms with E-state index in [2.05, 4.69) is 10.6 Å². The summed E-state index contributed by atoms with van der Waals surface area (Å²) in [6.45, 7) is 10.4. The molecule has 2 N–H and O–H groups in total. The van der Waals surface area contributed by atoms with E-state index in [1.54, 1.807) is 48.5 Å². The predicted molar refractivity (Wildman–Crippen MR) is 226 cm³/mol. The van der Waals surface area contributed by atoms with Crippen molar-refractivity contribution >= 4 is 37.1 Å². The van der Waals surface area contributed by atoms with Gasteiger partial charge in [0.1, 0.15) is 11.5 Å². The van der Waals surface area contributed by atoms with E-state index >= 15 is 0 Å². The number of carbonyl (C=O) groups excluding carboxylic acids is 4. The molecule has 0 fully saturated rings. The molecular formula is C44H59N4O10P. The third kappa shape index (κ3) is 13.4. The number of furan rings is 1. The first-order valence-electron chi connectivity index (χ1n) is 20.6. The molecule has 3 amide bonds. The van der Waals surface area contributed by atoms with Crippen molar-refractivity contribution in [3.63, 3.8) is 0 Å². The van der Waals surface area contributed by atoms with Crippen molar-refractivity contribution in [1.82, 2.24) is 20.3 Å². The number of aromatic nitrogens is 1. The Morgan fingerprint density at radius 3 is 2.14 bits per heavy atom. The molecule has 15 heteroatoms. The Morgan fingerprint density at radius 2 is 1.53 bits per heavy atom. The molecule has 0 aliphatic carbocycles. The number of benzene rings is 2. The van der Waals surface area contributed by atoms with E-state index in [0.29, 0.717) is 67.5 Å². The van der Waals surface area contributed by atoms with E-state index in [9.17, 15) is 23.7 Å². The highest BCUT2D eigenvalue weighted by molar-refractivity contribution is 7.62. The fraction of sp³-hybridized carbons (Fsp3) is 0.455. The molecule has 59 heavy (non-hydrogen) atoms. The van der Waals surface area contributed by atoms with Gasteiger partial charge in [-0.2, -0.15) is 5.06 Å². The van der Waals surface area contributed by atoms with E-state index in [4.69, 9.17) is 23.0 Å². The normalized spacial score (nSPS) is 12.4. The fourth-order valence-electron chi connectivity index (χ4n) is 6.37. The van der Waals surface area contributed by atoms with Gasteiger partial charge in [-0.15, -0.1) is 0 Å². The van der Waals surface area contributed by atoms with Crippen molar-refractivity contribution in [3.8, 4) is 22.8 Å². The molecule has 0 radical (unpaired) electrons. The first-order chi connectivity index (χ1) is 28.6. The number of nitrogens with zero attached hydrogens (tertiary/aromatic N) is 2. The van der Waals surface area contributed by atoms with Gasteiger partial charge < -0.3 is 38.2 Å². The van der Waals surface area contributed by atoms with E-state index in [1.165, 1.54) is 6.07 Å². The maximum absolute atomic E-state index is 14.1. The van der Waals surface area contributed by atoms with Gasteiger partial charge in [0.2, 0.25) is 12.3 Å². The molecule has 2 heterocycles. The highest BCUT2D eigenvalue weighted by Gasteiger charge is 2.34. The molecular weight excluding hydrogens is 775 g/mol. The van der Waals surface area contributed by atoms with Crippen LogP contribution in [0.25, 0.3) is 17.0 Å². The summed E-state index contributed by atoms with van der Waals surface area (Å²) in [7, 11) is -3.72. The predicted octanol–water partition coefficient (Wildman–Crippen LogP) is 8.60. The molecule has 2 aromatic carbocycles. The average molecular weight is 835 g/mol. The summed E-state index contributed by atoms with van der Waals surface area (Å²) in [5.74, 6) is -1.75. The molecule has 4 rings (SSSR count). The molecule has 320 valence electrons. The number of ether oxygens (including phenoxy) is 1. The number of hydroxylamine groups is 2. The Labute approximate surface area is 347 Å². The van der Waals surface area contributed by atoms with E-state index in [-0.39, 0.29) is 31.2 Å². The van der Waals surface area contributed by atoms with Crippen LogP contribution in [0.4, 0.5) is 0 Å². The zero-order valence-electron chi connectivity index (χ0n) is 34.9. The highest BCUT2D eigenvalue weighted by Crippen LogP contribution is 2.49. The lowest BCUT2D eigenvalue weighted by Crippen LogP contribution is -2.49. The SMILES string of the molecule is CCCCC[C@@H](C(=O)NCNC(=O)c1ccc(-c2cc(OCC)cc(P(=O)(OCCCC)OCCCC)c2)o1)[C@@H](CC)N(C=O)OC(=O)c1ccc(-n2cccc2)cc1. The zero-order chi connectivity index (χ0) is 42.6. The topological polar surface area (TPSA) is 168 Å². The number of unbranched alkanes of at least 4 members (excludes halogenated alkanes) is 4. The molecule has 0 saturated heterocycles. The van der Waals surface area contributed by atoms with Gasteiger partial charge in [-0.1, -0.05) is 59.8 Å². The Kier molecular flexibility index (Phi) is 19.0. The maximum Gasteiger partial charge on any atom is 0.363 e. The van der Waals surface area contributed by atoms with Gasteiger partial charge in [-0.3, -0.25) is 18.9 Å². The maximum atomic E-state index is 14.1. The van der Waals surface area contributed by atoms with Gasteiger partial charge in [0.05, 0.1) is 49.3 Å². The molecule has 14 nitrogen and oxygen atoms in total. The number of rotatable bonds is 27. The molecule has 4 aromatic rings. The molecule has 0 unspecified atom stereocenters. The van der Waals surface area contributed by atoms with E-state index in [1.807, 2.05) is 63.7 Å². The molecule has 0 aliphatic rings. The lowest BCUT2D eigenvalue weighted by molar-refractivity contribution is -0.171. The zero-order valence-corrected chi connectivity index (χ0v) is 35.7. The monoisotopic (exact) mass is 834 g/mol. The number of carbonyl (C=O) groups is 4. The Hall–Kier alpha value is -5.17. The van der Waals surface area contributed by atoms with Gasteiger partial charge in [0, 0.05) is 23.6 Å². The summed E-state index contributed by atoms with van der Waals surface area (Å²) in [5, 5.41) is 6.66. The van der Waals surface area contributed by atoms with Crippen molar-refractivity contribution in [2.45, 2.75) is 98.4 Å². The molecule has 0 spiro atoms. The molecule has 2 aromatic heterocycles. The van der Waals surface area contributed by atoms with Crippen LogP contribution in [0.1, 0.15) is 113 Å². The lowest BCUT2D eigenvalue weighted by Gasteiger charge is -2.31. The Bertz CT molecular complexity index is 1950. The molecule has 0 saturated carbocycles. The van der Waals surface area contributed by atoms with Crippen LogP contribution in [0.2, 0.25) is 0 Å². The minimum Gasteiger partial charge on any atom is -0.494 e. The first kappa shape index (κ1) is 46.5. The summed E-state index contributed by atoms with van der Waals surface area (Å²) in [4.78, 5) is 58.0. The second-order valence-corrected chi connectivity index (χ2v) is 16.0. The fourth-order valence-corrected chi connectivity index (χ4v) is 8.06. The average Bonchev–Trinajstić information content (AvgIpc) is 3.97. The van der Waals surface area contributed by atoms with Gasteiger partial charge >= 0.3 is 13.6 Å². The standard InChI is InChI=1S/C44H59N4O10P/c1-6-11-14-17-38(39(9-4)48(32-49)58-44(52)33-18-20-35(21-19-33)47-24-15-16-25-47)42(50)45-31-46-43(51)41-23-22-40(57-41)34-28-36(54-10-5)30-37(29-34)59(53,55-26-12-7-2)56-27-13-8-3/h15-16,18-25,28-30,32,38-39H,6-14,17,26-27,31H2,1-5H3,(H,45,50)(H,46,51)/t38-,39-/m1/s1. The second-order valence-electron chi connectivity index (χ2n) is 14.0. The van der Waals surface area contributed by atoms with Crippen LogP contribution >= 0.6 is 7.60 Å². The van der Waals surface area contributed by atoms with Gasteiger partial charge in [0.15, 0.2) is 5.76 Å². The smallest absolute Gasteiger partial charge is 0.363 e. The molecule has 2 atom stereocenters. The van der Waals surface area contributed by atoms with Crippen molar-refractivity contribution in [2.24, 2.45) is 5.92 Å². The van der Waals surface area contributed by atoms with Crippen LogP contribution < -0.4 is 20.7 Å². The minimum absolute atomic E-state index is 0.0226. The van der Waals surface area contributed by atoms with Gasteiger partial charge in [-0.25, -0.2) is 4.79 Å². The minimum atomic E-state index is -3.72. The third-order valence-electron chi connectivity index (χ3n) is 9.63. The summed E-state index contributed by atoms with van der Waals surface area (Å²) in [5.41, 5.74) is 1.60. The summed E-state index contributed by atoms with van der Waals surface area (Å²) in [6.07, 6.45) is 10.5. The first-order valence-corrected chi connectivity index (χ1v) is 22.2. The van der Waals surface area contributed by atoms with Crippen molar-refractivity contribution in [1.29, 1.82) is 0 Å². The molecule has 0 bridgehead atoms. The summed E-state index contributed by atoms with van der Waals surface area (Å²) >= 11 is 0. The number of amides is 3. The summed E-state index contributed by atoms with van der Waals surface area (Å²) < 4.78 is 39.5. The summed E-state index contributed by atoms with van der Waals surface area (Å²) in [6, 6.07) is 17.9. The van der Waals surface area contributed by atoms with E-state index in [0.717, 1.165) is 36.4 Å². The number of hydrogen-bond donors (Lipinski definition) is 2. The van der Waals surface area contributed by atoms with Crippen molar-refractivity contribution in [2.75, 3.05) is 26.5 Å². The number of hydrogen-bond acceptors (Lipinski definition) is 10. The highest BCUT2D eigenvalue weighted by atomic mass is 31.2. The van der Waals surface area contributed by atoms with Crippen LogP contribution in [0.5, 0.6) is 5.75 Å². The van der Waals surface area contributed by atoms with Gasteiger partial charge in [0.25, 0.3) is 5.91 Å². The van der Waals surface area contributed by atoms with Crippen LogP contribution in [0.15, 0.2) is 83.5 Å². The second kappa shape index (κ2) is 24.0. The lowest BCUT2D eigenvalue weighted by atomic mass is 9.90. The van der Waals surface area contributed by atoms with Gasteiger partial charge in [-0.05, 0) is 99.3 Å². The third-order valence-corrected chi connectivity index (χ3v) is 11.6. The Balaban J connectivity index is 1.44. The van der Waals surface area contributed by atoms with E-state index < -0.39 is 37.3 Å². The van der Waals surface area contributed by atoms with Crippen molar-refractivity contribution in [3.05, 3.63) is 90.4 Å². The van der Waals surface area contributed by atoms with Crippen molar-refractivity contribution < 1.29 is 46.8 Å². The Morgan fingerprint density at radius 1 is 0.847 bits per heavy atom. The largest absolute Gasteiger partial charge is 0.494 e. The molecule has 0 aliphatic heterocycles.